The summed E-state index contributed by atoms with van der Waals surface area (Å²) in [6.45, 7) is 1.82. The zero-order valence-corrected chi connectivity index (χ0v) is 9.73. The molecule has 0 bridgehead atoms. The number of para-hydroxylation sites is 1. The lowest BCUT2D eigenvalue weighted by Gasteiger charge is -2.36. The van der Waals surface area contributed by atoms with Gasteiger partial charge in [0.15, 0.2) is 0 Å². The number of carbonyl (C=O) groups excluding carboxylic acids is 1. The Kier molecular flexibility index (Phi) is 2.33. The molecule has 90 valence electrons. The lowest BCUT2D eigenvalue weighted by molar-refractivity contribution is -0.155. The second kappa shape index (κ2) is 3.74. The van der Waals surface area contributed by atoms with Gasteiger partial charge in [0, 0.05) is 19.0 Å². The highest BCUT2D eigenvalue weighted by Crippen LogP contribution is 2.47. The predicted molar refractivity (Wildman–Crippen MR) is 62.0 cm³/mol. The van der Waals surface area contributed by atoms with Crippen LogP contribution in [0.4, 0.5) is 0 Å². The molecular formula is C13H15NO3. The van der Waals surface area contributed by atoms with Gasteiger partial charge in [-0.25, -0.2) is 0 Å². The molecule has 4 heteroatoms. The van der Waals surface area contributed by atoms with E-state index in [-0.39, 0.29) is 11.9 Å². The van der Waals surface area contributed by atoms with E-state index in [1.54, 1.807) is 0 Å². The summed E-state index contributed by atoms with van der Waals surface area (Å²) in [5.74, 6) is 0.864. The van der Waals surface area contributed by atoms with E-state index in [2.05, 4.69) is 5.32 Å². The second-order valence-electron chi connectivity index (χ2n) is 4.66. The quantitative estimate of drug-likeness (QED) is 0.733. The summed E-state index contributed by atoms with van der Waals surface area (Å²) in [6.07, 6.45) is 0. The Bertz CT molecular complexity index is 460. The largest absolute Gasteiger partial charge is 0.492 e. The molecule has 0 spiro atoms. The van der Waals surface area contributed by atoms with Crippen molar-refractivity contribution in [3.8, 4) is 5.75 Å². The van der Waals surface area contributed by atoms with Crippen LogP contribution >= 0.6 is 0 Å². The number of rotatable bonds is 1. The van der Waals surface area contributed by atoms with Gasteiger partial charge in [-0.1, -0.05) is 18.2 Å². The standard InChI is InChI=1S/C13H15NO3/c1-16-12(15)13-7-14-6-10(13)9-4-2-3-5-11(9)17-8-13/h2-5,10,14H,6-8H2,1H3/t10-,13-/m0/s1. The zero-order chi connectivity index (χ0) is 11.9. The van der Waals surface area contributed by atoms with E-state index >= 15 is 0 Å². The molecule has 1 N–H and O–H groups in total. The van der Waals surface area contributed by atoms with Crippen LogP contribution < -0.4 is 10.1 Å². The minimum absolute atomic E-state index is 0.153. The summed E-state index contributed by atoms with van der Waals surface area (Å²) in [7, 11) is 1.44. The summed E-state index contributed by atoms with van der Waals surface area (Å²) in [5.41, 5.74) is 0.553. The van der Waals surface area contributed by atoms with Crippen molar-refractivity contribution in [2.75, 3.05) is 26.8 Å². The molecule has 0 amide bonds. The fourth-order valence-electron chi connectivity index (χ4n) is 2.90. The van der Waals surface area contributed by atoms with Gasteiger partial charge in [0.25, 0.3) is 0 Å². The van der Waals surface area contributed by atoms with E-state index in [1.165, 1.54) is 7.11 Å². The number of ether oxygens (including phenoxy) is 2. The Balaban J connectivity index is 2.07. The molecule has 2 aliphatic rings. The molecule has 0 saturated carbocycles. The van der Waals surface area contributed by atoms with Crippen LogP contribution in [0.3, 0.4) is 0 Å². The first-order valence-electron chi connectivity index (χ1n) is 5.79. The molecule has 1 fully saturated rings. The molecular weight excluding hydrogens is 218 g/mol. The number of hydrogen-bond acceptors (Lipinski definition) is 4. The molecule has 0 radical (unpaired) electrons. The van der Waals surface area contributed by atoms with Crippen molar-refractivity contribution in [2.24, 2.45) is 5.41 Å². The molecule has 1 aromatic rings. The average molecular weight is 233 g/mol. The van der Waals surface area contributed by atoms with E-state index < -0.39 is 5.41 Å². The van der Waals surface area contributed by atoms with Crippen molar-refractivity contribution >= 4 is 5.97 Å². The van der Waals surface area contributed by atoms with Crippen LogP contribution in [0.5, 0.6) is 5.75 Å². The molecule has 2 atom stereocenters. The highest BCUT2D eigenvalue weighted by atomic mass is 16.5. The molecule has 0 aromatic heterocycles. The zero-order valence-electron chi connectivity index (χ0n) is 9.73. The maximum absolute atomic E-state index is 12.0. The third-order valence-corrected chi connectivity index (χ3v) is 3.83. The summed E-state index contributed by atoms with van der Waals surface area (Å²) >= 11 is 0. The van der Waals surface area contributed by atoms with Crippen molar-refractivity contribution in [3.05, 3.63) is 29.8 Å². The van der Waals surface area contributed by atoms with Gasteiger partial charge in [-0.2, -0.15) is 0 Å². The number of nitrogens with one attached hydrogen (secondary N) is 1. The fraction of sp³-hybridized carbons (Fsp3) is 0.462. The lowest BCUT2D eigenvalue weighted by atomic mass is 9.73. The van der Waals surface area contributed by atoms with Gasteiger partial charge in [0.1, 0.15) is 17.8 Å². The lowest BCUT2D eigenvalue weighted by Crippen LogP contribution is -2.46. The number of hydrogen-bond donors (Lipinski definition) is 1. The van der Waals surface area contributed by atoms with Gasteiger partial charge in [-0.05, 0) is 11.6 Å². The fourth-order valence-corrected chi connectivity index (χ4v) is 2.90. The van der Waals surface area contributed by atoms with E-state index in [0.717, 1.165) is 17.9 Å². The van der Waals surface area contributed by atoms with Gasteiger partial charge in [-0.3, -0.25) is 4.79 Å². The monoisotopic (exact) mass is 233 g/mol. The van der Waals surface area contributed by atoms with Crippen LogP contribution in [0.2, 0.25) is 0 Å². The smallest absolute Gasteiger partial charge is 0.317 e. The van der Waals surface area contributed by atoms with Gasteiger partial charge in [0.2, 0.25) is 0 Å². The van der Waals surface area contributed by atoms with Gasteiger partial charge in [0.05, 0.1) is 7.11 Å². The SMILES string of the molecule is COC(=O)[C@]12CNC[C@H]1c1ccccc1OC2. The van der Waals surface area contributed by atoms with Crippen molar-refractivity contribution in [1.82, 2.24) is 5.32 Å². The Labute approximate surface area is 99.9 Å². The minimum Gasteiger partial charge on any atom is -0.492 e. The molecule has 3 rings (SSSR count). The Morgan fingerprint density at radius 3 is 3.18 bits per heavy atom. The maximum Gasteiger partial charge on any atom is 0.317 e. The molecule has 0 unspecified atom stereocenters. The predicted octanol–water partition coefficient (Wildman–Crippen LogP) is 0.925. The van der Waals surface area contributed by atoms with Crippen LogP contribution in [0.15, 0.2) is 24.3 Å². The number of methoxy groups -OCH3 is 1. The highest BCUT2D eigenvalue weighted by molar-refractivity contribution is 5.80. The van der Waals surface area contributed by atoms with Crippen LogP contribution in [-0.4, -0.2) is 32.8 Å². The van der Waals surface area contributed by atoms with Crippen molar-refractivity contribution in [3.63, 3.8) is 0 Å². The first kappa shape index (κ1) is 10.6. The maximum atomic E-state index is 12.0. The highest BCUT2D eigenvalue weighted by Gasteiger charge is 2.54. The van der Waals surface area contributed by atoms with E-state index in [1.807, 2.05) is 24.3 Å². The van der Waals surface area contributed by atoms with Gasteiger partial charge >= 0.3 is 5.97 Å². The van der Waals surface area contributed by atoms with Crippen LogP contribution in [0, 0.1) is 5.41 Å². The average Bonchev–Trinajstić information content (AvgIpc) is 2.83. The second-order valence-corrected chi connectivity index (χ2v) is 4.66. The van der Waals surface area contributed by atoms with E-state index in [4.69, 9.17) is 9.47 Å². The van der Waals surface area contributed by atoms with E-state index in [0.29, 0.717) is 13.2 Å². The van der Waals surface area contributed by atoms with E-state index in [9.17, 15) is 4.79 Å². The minimum atomic E-state index is -0.552. The van der Waals surface area contributed by atoms with Gasteiger partial charge < -0.3 is 14.8 Å². The van der Waals surface area contributed by atoms with Crippen LogP contribution in [0.25, 0.3) is 0 Å². The molecule has 17 heavy (non-hydrogen) atoms. The molecule has 1 aromatic carbocycles. The topological polar surface area (TPSA) is 47.6 Å². The first-order valence-corrected chi connectivity index (χ1v) is 5.79. The summed E-state index contributed by atoms with van der Waals surface area (Å²) in [4.78, 5) is 12.0. The van der Waals surface area contributed by atoms with Crippen LogP contribution in [-0.2, 0) is 9.53 Å². The molecule has 1 saturated heterocycles. The third-order valence-electron chi connectivity index (χ3n) is 3.83. The summed E-state index contributed by atoms with van der Waals surface area (Å²) < 4.78 is 10.7. The Morgan fingerprint density at radius 2 is 2.35 bits per heavy atom. The van der Waals surface area contributed by atoms with Crippen molar-refractivity contribution in [1.29, 1.82) is 0 Å². The number of benzene rings is 1. The first-order chi connectivity index (χ1) is 8.28. The van der Waals surface area contributed by atoms with Crippen molar-refractivity contribution in [2.45, 2.75) is 5.92 Å². The number of fused-ring (bicyclic) bond motifs is 3. The molecule has 4 nitrogen and oxygen atoms in total. The Hall–Kier alpha value is -1.55. The number of carbonyl (C=O) groups is 1. The number of esters is 1. The Morgan fingerprint density at radius 1 is 1.53 bits per heavy atom. The summed E-state index contributed by atoms with van der Waals surface area (Å²) in [5, 5.41) is 3.28. The third kappa shape index (κ3) is 1.37. The summed E-state index contributed by atoms with van der Waals surface area (Å²) in [6, 6.07) is 7.92. The molecule has 2 heterocycles. The van der Waals surface area contributed by atoms with Crippen molar-refractivity contribution < 1.29 is 14.3 Å². The van der Waals surface area contributed by atoms with Crippen LogP contribution in [0.1, 0.15) is 11.5 Å². The van der Waals surface area contributed by atoms with Gasteiger partial charge in [-0.15, -0.1) is 0 Å². The molecule has 0 aliphatic carbocycles. The normalized spacial score (nSPS) is 30.1. The molecule has 2 aliphatic heterocycles.